The van der Waals surface area contributed by atoms with E-state index in [2.05, 4.69) is 20.9 Å². The quantitative estimate of drug-likeness (QED) is 0.0632. The van der Waals surface area contributed by atoms with Gasteiger partial charge in [0, 0.05) is 13.0 Å². The molecular formula is C26H44N8O5. The van der Waals surface area contributed by atoms with E-state index in [9.17, 15) is 24.3 Å². The van der Waals surface area contributed by atoms with E-state index in [-0.39, 0.29) is 24.7 Å². The Bertz CT molecular complexity index is 953. The zero-order chi connectivity index (χ0) is 29.4. The van der Waals surface area contributed by atoms with Gasteiger partial charge in [0.1, 0.15) is 18.1 Å². The third kappa shape index (κ3) is 13.1. The molecule has 1 aromatic carbocycles. The van der Waals surface area contributed by atoms with Crippen LogP contribution in [0.4, 0.5) is 0 Å². The molecule has 0 spiro atoms. The van der Waals surface area contributed by atoms with Gasteiger partial charge in [-0.15, -0.1) is 0 Å². The molecule has 0 bridgehead atoms. The number of nitrogens with one attached hydrogen (secondary N) is 3. The van der Waals surface area contributed by atoms with Gasteiger partial charge in [0.2, 0.25) is 17.7 Å². The Morgan fingerprint density at radius 3 is 2.08 bits per heavy atom. The fraction of sp³-hybridized carbons (Fsp3) is 0.577. The lowest BCUT2D eigenvalue weighted by Gasteiger charge is -2.27. The van der Waals surface area contributed by atoms with Gasteiger partial charge in [-0.05, 0) is 50.1 Å². The van der Waals surface area contributed by atoms with Crippen molar-refractivity contribution in [3.8, 4) is 0 Å². The summed E-state index contributed by atoms with van der Waals surface area (Å²) in [6.45, 7) is 4.23. The van der Waals surface area contributed by atoms with Crippen molar-refractivity contribution in [2.75, 3.05) is 13.1 Å². The number of carboxylic acid groups (broad SMARTS) is 1. The lowest BCUT2D eigenvalue weighted by atomic mass is 10.00. The Morgan fingerprint density at radius 2 is 1.51 bits per heavy atom. The number of carboxylic acids is 1. The minimum atomic E-state index is -1.17. The highest BCUT2D eigenvalue weighted by Crippen LogP contribution is 2.09. The van der Waals surface area contributed by atoms with Gasteiger partial charge < -0.3 is 44.0 Å². The number of aliphatic carboxylic acids is 1. The first kappa shape index (κ1) is 33.3. The molecule has 4 atom stereocenters. The van der Waals surface area contributed by atoms with E-state index in [0.717, 1.165) is 5.56 Å². The highest BCUT2D eigenvalue weighted by Gasteiger charge is 2.31. The predicted molar refractivity (Wildman–Crippen MR) is 149 cm³/mol. The molecule has 0 aliphatic carbocycles. The Hall–Kier alpha value is -3.71. The van der Waals surface area contributed by atoms with Crippen LogP contribution in [0.3, 0.4) is 0 Å². The molecule has 0 aliphatic rings. The summed E-state index contributed by atoms with van der Waals surface area (Å²) in [4.78, 5) is 54.8. The number of amides is 3. The highest BCUT2D eigenvalue weighted by molar-refractivity contribution is 5.94. The first-order chi connectivity index (χ1) is 18.5. The summed E-state index contributed by atoms with van der Waals surface area (Å²) in [5.41, 5.74) is 22.8. The molecule has 1 rings (SSSR count). The topological polar surface area (TPSA) is 241 Å². The van der Waals surface area contributed by atoms with Crippen molar-refractivity contribution in [2.45, 2.75) is 76.5 Å². The van der Waals surface area contributed by atoms with Crippen molar-refractivity contribution in [1.82, 2.24) is 16.0 Å². The largest absolute Gasteiger partial charge is 0.480 e. The molecule has 0 heterocycles. The van der Waals surface area contributed by atoms with Crippen molar-refractivity contribution in [1.29, 1.82) is 0 Å². The van der Waals surface area contributed by atoms with Gasteiger partial charge in [0.05, 0.1) is 6.04 Å². The zero-order valence-corrected chi connectivity index (χ0v) is 22.8. The van der Waals surface area contributed by atoms with Crippen LogP contribution in [0.1, 0.15) is 51.5 Å². The first-order valence-corrected chi connectivity index (χ1v) is 13.1. The van der Waals surface area contributed by atoms with Gasteiger partial charge in [0.15, 0.2) is 5.96 Å². The number of nitrogens with two attached hydrogens (primary N) is 4. The van der Waals surface area contributed by atoms with Crippen molar-refractivity contribution in [3.63, 3.8) is 0 Å². The van der Waals surface area contributed by atoms with E-state index in [1.54, 1.807) is 38.1 Å². The number of hydrogen-bond donors (Lipinski definition) is 8. The second kappa shape index (κ2) is 17.7. The normalized spacial score (nSPS) is 14.0. The molecule has 218 valence electrons. The molecular weight excluding hydrogens is 504 g/mol. The van der Waals surface area contributed by atoms with Gasteiger partial charge in [0.25, 0.3) is 0 Å². The molecule has 0 saturated heterocycles. The third-order valence-electron chi connectivity index (χ3n) is 6.03. The van der Waals surface area contributed by atoms with Crippen LogP contribution in [0.2, 0.25) is 0 Å². The Kier molecular flexibility index (Phi) is 15.2. The molecule has 0 radical (unpaired) electrons. The van der Waals surface area contributed by atoms with E-state index in [1.165, 1.54) is 0 Å². The highest BCUT2D eigenvalue weighted by atomic mass is 16.4. The number of carbonyl (C=O) groups excluding carboxylic acids is 3. The van der Waals surface area contributed by atoms with E-state index >= 15 is 0 Å². The van der Waals surface area contributed by atoms with Crippen molar-refractivity contribution >= 4 is 29.7 Å². The Morgan fingerprint density at radius 1 is 0.872 bits per heavy atom. The molecule has 12 N–H and O–H groups in total. The lowest BCUT2D eigenvalue weighted by Crippen LogP contribution is -2.58. The molecule has 1 aromatic rings. The maximum atomic E-state index is 13.3. The second-order valence-electron chi connectivity index (χ2n) is 9.72. The van der Waals surface area contributed by atoms with E-state index in [0.29, 0.717) is 38.8 Å². The molecule has 0 fully saturated rings. The van der Waals surface area contributed by atoms with Crippen LogP contribution < -0.4 is 38.9 Å². The average molecular weight is 549 g/mol. The van der Waals surface area contributed by atoms with Crippen molar-refractivity contribution in [3.05, 3.63) is 35.9 Å². The van der Waals surface area contributed by atoms with Gasteiger partial charge >= 0.3 is 5.97 Å². The SMILES string of the molecule is CC(C)C(NC(=O)C(N)CCCN=C(N)N)C(=O)NC(Cc1ccccc1)C(=O)NC(CCCCN)C(=O)O. The van der Waals surface area contributed by atoms with Gasteiger partial charge in [-0.2, -0.15) is 0 Å². The summed E-state index contributed by atoms with van der Waals surface area (Å²) in [6.07, 6.45) is 2.25. The molecule has 39 heavy (non-hydrogen) atoms. The van der Waals surface area contributed by atoms with Crippen LogP contribution in [0.25, 0.3) is 0 Å². The van der Waals surface area contributed by atoms with Crippen molar-refractivity contribution in [2.24, 2.45) is 33.8 Å². The molecule has 0 saturated carbocycles. The number of nitrogens with zero attached hydrogens (tertiary/aromatic N) is 1. The summed E-state index contributed by atoms with van der Waals surface area (Å²) in [5.74, 6) is -3.31. The van der Waals surface area contributed by atoms with Gasteiger partial charge in [-0.25, -0.2) is 4.79 Å². The monoisotopic (exact) mass is 548 g/mol. The summed E-state index contributed by atoms with van der Waals surface area (Å²) < 4.78 is 0. The number of hydrogen-bond acceptors (Lipinski definition) is 7. The minimum Gasteiger partial charge on any atom is -0.480 e. The van der Waals surface area contributed by atoms with Crippen LogP contribution in [-0.4, -0.2) is 72.0 Å². The van der Waals surface area contributed by atoms with E-state index in [1.807, 2.05) is 6.07 Å². The molecule has 0 aromatic heterocycles. The first-order valence-electron chi connectivity index (χ1n) is 13.1. The number of carbonyl (C=O) groups is 4. The number of unbranched alkanes of at least 4 members (excludes halogenated alkanes) is 1. The zero-order valence-electron chi connectivity index (χ0n) is 22.8. The number of benzene rings is 1. The molecule has 13 nitrogen and oxygen atoms in total. The average Bonchev–Trinajstić information content (AvgIpc) is 2.88. The summed E-state index contributed by atoms with van der Waals surface area (Å²) >= 11 is 0. The van der Waals surface area contributed by atoms with Crippen molar-refractivity contribution < 1.29 is 24.3 Å². The summed E-state index contributed by atoms with van der Waals surface area (Å²) in [6, 6.07) is 4.93. The molecule has 13 heteroatoms. The standard InChI is InChI=1S/C26H44N8O5/c1-16(2)21(34-22(35)18(28)11-8-14-31-26(29)30)24(37)33-20(15-17-9-4-3-5-10-17)23(36)32-19(25(38)39)12-6-7-13-27/h3-5,9-10,16,18-21H,6-8,11-15,27-28H2,1-2H3,(H,32,36)(H,33,37)(H,34,35)(H,38,39)(H4,29,30,31). The maximum Gasteiger partial charge on any atom is 0.326 e. The number of guanidine groups is 1. The van der Waals surface area contributed by atoms with Crippen LogP contribution in [0, 0.1) is 5.92 Å². The van der Waals surface area contributed by atoms with Gasteiger partial charge in [-0.1, -0.05) is 44.2 Å². The summed E-state index contributed by atoms with van der Waals surface area (Å²) in [5, 5.41) is 17.5. The smallest absolute Gasteiger partial charge is 0.326 e. The Labute approximate surface area is 229 Å². The van der Waals surface area contributed by atoms with Crippen LogP contribution in [-0.2, 0) is 25.6 Å². The molecule has 0 aliphatic heterocycles. The lowest BCUT2D eigenvalue weighted by molar-refractivity contribution is -0.142. The number of aliphatic imine (C=N–C) groups is 1. The van der Waals surface area contributed by atoms with Crippen LogP contribution in [0.5, 0.6) is 0 Å². The van der Waals surface area contributed by atoms with Gasteiger partial charge in [-0.3, -0.25) is 19.4 Å². The van der Waals surface area contributed by atoms with Crippen LogP contribution in [0.15, 0.2) is 35.3 Å². The third-order valence-corrected chi connectivity index (χ3v) is 6.03. The molecule has 4 unspecified atom stereocenters. The second-order valence-corrected chi connectivity index (χ2v) is 9.72. The predicted octanol–water partition coefficient (Wildman–Crippen LogP) is -1.07. The minimum absolute atomic E-state index is 0.0519. The maximum absolute atomic E-state index is 13.3. The summed E-state index contributed by atoms with van der Waals surface area (Å²) in [7, 11) is 0. The fourth-order valence-electron chi connectivity index (χ4n) is 3.79. The van der Waals surface area contributed by atoms with Crippen LogP contribution >= 0.6 is 0 Å². The van der Waals surface area contributed by atoms with E-state index < -0.39 is 47.9 Å². The molecule has 3 amide bonds. The number of rotatable bonds is 18. The van der Waals surface area contributed by atoms with E-state index in [4.69, 9.17) is 22.9 Å². The fourth-order valence-corrected chi connectivity index (χ4v) is 3.79. The Balaban J connectivity index is 2.98.